The molecule has 3 heteroatoms. The second-order valence-electron chi connectivity index (χ2n) is 6.30. The van der Waals surface area contributed by atoms with Gasteiger partial charge in [-0.05, 0) is 57.7 Å². The largest absolute Gasteiger partial charge is 0.314 e. The van der Waals surface area contributed by atoms with E-state index in [2.05, 4.69) is 17.1 Å². The number of nitrogens with one attached hydrogen (secondary N) is 1. The molecule has 2 nitrogen and oxygen atoms in total. The number of nitrogens with zero attached hydrogens (tertiary/aromatic N) is 1. The molecule has 2 fully saturated rings. The summed E-state index contributed by atoms with van der Waals surface area (Å²) >= 11 is 0. The minimum Gasteiger partial charge on any atom is -0.314 e. The van der Waals surface area contributed by atoms with Crippen LogP contribution in [0.5, 0.6) is 0 Å². The fourth-order valence-electron chi connectivity index (χ4n) is 3.85. The topological polar surface area (TPSA) is 15.3 Å². The minimum absolute atomic E-state index is 0.0684. The Morgan fingerprint density at radius 1 is 1.25 bits per heavy atom. The number of likely N-dealkylation sites (tertiary alicyclic amines) is 1. The first-order valence-electron chi connectivity index (χ1n) is 7.97. The number of piperidine rings is 1. The molecule has 2 aliphatic heterocycles. The summed E-state index contributed by atoms with van der Waals surface area (Å²) in [6, 6.07) is 8.08. The molecule has 1 aromatic rings. The number of hydrogen-bond donors (Lipinski definition) is 1. The highest BCUT2D eigenvalue weighted by Crippen LogP contribution is 2.31. The lowest BCUT2D eigenvalue weighted by molar-refractivity contribution is 0.113. The maximum absolute atomic E-state index is 14.0. The van der Waals surface area contributed by atoms with Crippen molar-refractivity contribution in [3.63, 3.8) is 0 Å². The number of halogens is 1. The highest BCUT2D eigenvalue weighted by molar-refractivity contribution is 5.20. The van der Waals surface area contributed by atoms with Gasteiger partial charge in [-0.2, -0.15) is 0 Å². The SMILES string of the molecule is CC(c1ccccc1F)N1CCCC(C2CCCN2)C1. The maximum Gasteiger partial charge on any atom is 0.127 e. The van der Waals surface area contributed by atoms with Crippen LogP contribution in [0.3, 0.4) is 0 Å². The van der Waals surface area contributed by atoms with Crippen molar-refractivity contribution in [2.24, 2.45) is 5.92 Å². The van der Waals surface area contributed by atoms with Crippen molar-refractivity contribution in [3.05, 3.63) is 35.6 Å². The van der Waals surface area contributed by atoms with Crippen molar-refractivity contribution in [1.82, 2.24) is 10.2 Å². The van der Waals surface area contributed by atoms with Crippen molar-refractivity contribution >= 4 is 0 Å². The van der Waals surface area contributed by atoms with Gasteiger partial charge in [-0.3, -0.25) is 4.90 Å². The van der Waals surface area contributed by atoms with Gasteiger partial charge < -0.3 is 5.32 Å². The van der Waals surface area contributed by atoms with Crippen LogP contribution >= 0.6 is 0 Å². The molecule has 0 aromatic heterocycles. The summed E-state index contributed by atoms with van der Waals surface area (Å²) in [6.45, 7) is 5.51. The molecule has 0 bridgehead atoms. The average molecular weight is 276 g/mol. The first-order chi connectivity index (χ1) is 9.75. The van der Waals surface area contributed by atoms with E-state index in [0.29, 0.717) is 6.04 Å². The molecule has 2 heterocycles. The maximum atomic E-state index is 14.0. The zero-order valence-electron chi connectivity index (χ0n) is 12.3. The Labute approximate surface area is 121 Å². The third-order valence-corrected chi connectivity index (χ3v) is 5.06. The molecule has 0 saturated carbocycles. The van der Waals surface area contributed by atoms with E-state index >= 15 is 0 Å². The van der Waals surface area contributed by atoms with Gasteiger partial charge in [-0.25, -0.2) is 4.39 Å². The second kappa shape index (κ2) is 6.23. The summed E-state index contributed by atoms with van der Waals surface area (Å²) in [5.74, 6) is 0.668. The molecule has 3 atom stereocenters. The molecule has 1 aromatic carbocycles. The quantitative estimate of drug-likeness (QED) is 0.911. The fraction of sp³-hybridized carbons (Fsp3) is 0.647. The van der Waals surface area contributed by atoms with E-state index in [1.165, 1.54) is 32.2 Å². The third-order valence-electron chi connectivity index (χ3n) is 5.06. The van der Waals surface area contributed by atoms with E-state index in [-0.39, 0.29) is 11.9 Å². The van der Waals surface area contributed by atoms with Crippen LogP contribution in [0.1, 0.15) is 44.2 Å². The van der Waals surface area contributed by atoms with E-state index in [1.54, 1.807) is 12.1 Å². The Morgan fingerprint density at radius 2 is 2.10 bits per heavy atom. The Hall–Kier alpha value is -0.930. The summed E-state index contributed by atoms with van der Waals surface area (Å²) in [7, 11) is 0. The van der Waals surface area contributed by atoms with E-state index in [9.17, 15) is 4.39 Å². The number of hydrogen-bond acceptors (Lipinski definition) is 2. The number of benzene rings is 1. The molecular weight excluding hydrogens is 251 g/mol. The van der Waals surface area contributed by atoms with Gasteiger partial charge in [-0.15, -0.1) is 0 Å². The van der Waals surface area contributed by atoms with Gasteiger partial charge in [-0.1, -0.05) is 18.2 Å². The Balaban J connectivity index is 1.68. The van der Waals surface area contributed by atoms with Crippen molar-refractivity contribution in [2.45, 2.75) is 44.7 Å². The molecule has 20 heavy (non-hydrogen) atoms. The van der Waals surface area contributed by atoms with E-state index in [0.717, 1.165) is 24.6 Å². The van der Waals surface area contributed by atoms with Crippen LogP contribution in [0.15, 0.2) is 24.3 Å². The van der Waals surface area contributed by atoms with Crippen molar-refractivity contribution < 1.29 is 4.39 Å². The lowest BCUT2D eigenvalue weighted by Crippen LogP contribution is -2.44. The van der Waals surface area contributed by atoms with E-state index in [1.807, 2.05) is 12.1 Å². The highest BCUT2D eigenvalue weighted by Gasteiger charge is 2.31. The summed E-state index contributed by atoms with van der Waals surface area (Å²) in [5, 5.41) is 3.64. The third kappa shape index (κ3) is 2.89. The standard InChI is InChI=1S/C17H25FN2/c1-13(15-7-2-3-8-16(15)18)20-11-5-6-14(12-20)17-9-4-10-19-17/h2-3,7-8,13-14,17,19H,4-6,9-12H2,1H3. The lowest BCUT2D eigenvalue weighted by Gasteiger charge is -2.39. The normalized spacial score (nSPS) is 29.5. The Kier molecular flexibility index (Phi) is 4.37. The van der Waals surface area contributed by atoms with Crippen LogP contribution in [0.25, 0.3) is 0 Å². The Bertz CT molecular complexity index is 442. The van der Waals surface area contributed by atoms with Gasteiger partial charge in [0.2, 0.25) is 0 Å². The van der Waals surface area contributed by atoms with Crippen LogP contribution in [0.4, 0.5) is 4.39 Å². The number of rotatable bonds is 3. The summed E-state index contributed by atoms with van der Waals surface area (Å²) < 4.78 is 14.0. The molecule has 110 valence electrons. The van der Waals surface area contributed by atoms with Crippen LogP contribution in [-0.2, 0) is 0 Å². The summed E-state index contributed by atoms with van der Waals surface area (Å²) in [5.41, 5.74) is 0.840. The average Bonchev–Trinajstić information content (AvgIpc) is 3.01. The molecule has 0 radical (unpaired) electrons. The minimum atomic E-state index is -0.0684. The molecule has 0 amide bonds. The van der Waals surface area contributed by atoms with Crippen LogP contribution in [-0.4, -0.2) is 30.6 Å². The molecule has 2 saturated heterocycles. The van der Waals surface area contributed by atoms with Crippen LogP contribution in [0.2, 0.25) is 0 Å². The molecule has 0 aliphatic carbocycles. The predicted molar refractivity (Wildman–Crippen MR) is 80.1 cm³/mol. The van der Waals surface area contributed by atoms with Gasteiger partial charge in [0.1, 0.15) is 5.82 Å². The summed E-state index contributed by atoms with van der Waals surface area (Å²) in [4.78, 5) is 2.46. The Morgan fingerprint density at radius 3 is 2.85 bits per heavy atom. The smallest absolute Gasteiger partial charge is 0.127 e. The van der Waals surface area contributed by atoms with Crippen LogP contribution in [0, 0.1) is 11.7 Å². The van der Waals surface area contributed by atoms with Gasteiger partial charge in [0.25, 0.3) is 0 Å². The van der Waals surface area contributed by atoms with Crippen molar-refractivity contribution in [1.29, 1.82) is 0 Å². The lowest BCUT2D eigenvalue weighted by atomic mass is 9.88. The molecular formula is C17H25FN2. The van der Waals surface area contributed by atoms with Crippen molar-refractivity contribution in [3.8, 4) is 0 Å². The molecule has 0 spiro atoms. The monoisotopic (exact) mass is 276 g/mol. The molecule has 1 N–H and O–H groups in total. The highest BCUT2D eigenvalue weighted by atomic mass is 19.1. The molecule has 2 aliphatic rings. The van der Waals surface area contributed by atoms with E-state index in [4.69, 9.17) is 0 Å². The zero-order chi connectivity index (χ0) is 13.9. The van der Waals surface area contributed by atoms with E-state index < -0.39 is 0 Å². The predicted octanol–water partition coefficient (Wildman–Crippen LogP) is 3.35. The fourth-order valence-corrected chi connectivity index (χ4v) is 3.85. The molecule has 3 unspecified atom stereocenters. The first kappa shape index (κ1) is 14.0. The first-order valence-corrected chi connectivity index (χ1v) is 7.97. The van der Waals surface area contributed by atoms with Crippen molar-refractivity contribution in [2.75, 3.05) is 19.6 Å². The van der Waals surface area contributed by atoms with Gasteiger partial charge in [0, 0.05) is 24.2 Å². The van der Waals surface area contributed by atoms with Gasteiger partial charge in [0.05, 0.1) is 0 Å². The van der Waals surface area contributed by atoms with Gasteiger partial charge >= 0.3 is 0 Å². The summed E-state index contributed by atoms with van der Waals surface area (Å²) in [6.07, 6.45) is 5.18. The molecule has 3 rings (SSSR count). The zero-order valence-corrected chi connectivity index (χ0v) is 12.3. The second-order valence-corrected chi connectivity index (χ2v) is 6.30. The van der Waals surface area contributed by atoms with Crippen LogP contribution < -0.4 is 5.32 Å². The van der Waals surface area contributed by atoms with Gasteiger partial charge in [0.15, 0.2) is 0 Å².